The van der Waals surface area contributed by atoms with Crippen molar-refractivity contribution in [2.24, 2.45) is 11.5 Å². The van der Waals surface area contributed by atoms with Gasteiger partial charge in [0.1, 0.15) is 17.8 Å². The van der Waals surface area contributed by atoms with E-state index in [0.717, 1.165) is 11.1 Å². The monoisotopic (exact) mass is 468 g/mol. The summed E-state index contributed by atoms with van der Waals surface area (Å²) in [4.78, 5) is 25.4. The molecule has 182 valence electrons. The zero-order valence-electron chi connectivity index (χ0n) is 19.0. The highest BCUT2D eigenvalue weighted by Crippen LogP contribution is 2.11. The highest BCUT2D eigenvalue weighted by atomic mass is 16.3. The molecule has 11 nitrogen and oxygen atoms in total. The molecule has 11 N–H and O–H groups in total. The van der Waals surface area contributed by atoms with E-state index in [-0.39, 0.29) is 36.7 Å². The smallest absolute Gasteiger partial charge is 0.243 e. The molecule has 0 heterocycles. The van der Waals surface area contributed by atoms with E-state index in [1.807, 2.05) is 30.3 Å². The molecule has 0 bridgehead atoms. The first-order valence-electron chi connectivity index (χ1n) is 10.7. The maximum Gasteiger partial charge on any atom is 0.243 e. The number of aromatic hydroxyl groups is 1. The second-order valence-electron chi connectivity index (χ2n) is 7.90. The molecule has 0 radical (unpaired) electrons. The second kappa shape index (κ2) is 12.7. The van der Waals surface area contributed by atoms with Crippen LogP contribution in [0, 0.1) is 10.8 Å². The zero-order chi connectivity index (χ0) is 25.1. The third kappa shape index (κ3) is 9.07. The molecule has 0 saturated carbocycles. The molecule has 0 aliphatic carbocycles. The Bertz CT molecular complexity index is 981. The van der Waals surface area contributed by atoms with Crippen molar-refractivity contribution in [2.45, 2.75) is 37.9 Å². The minimum atomic E-state index is -0.887. The van der Waals surface area contributed by atoms with Crippen molar-refractivity contribution >= 4 is 23.7 Å². The van der Waals surface area contributed by atoms with Crippen LogP contribution in [-0.4, -0.2) is 53.5 Å². The first kappa shape index (κ1) is 26.0. The van der Waals surface area contributed by atoms with Gasteiger partial charge in [-0.15, -0.1) is 0 Å². The molecule has 0 saturated heterocycles. The van der Waals surface area contributed by atoms with E-state index in [4.69, 9.17) is 22.3 Å². The maximum atomic E-state index is 12.8. The number of carbonyl (C=O) groups excluding carboxylic acids is 2. The lowest BCUT2D eigenvalue weighted by atomic mass is 10.0. The summed E-state index contributed by atoms with van der Waals surface area (Å²) in [6.07, 6.45) is 0.736. The largest absolute Gasteiger partial charge is 0.508 e. The Morgan fingerprint density at radius 2 is 1.44 bits per heavy atom. The molecule has 2 amide bonds. The van der Waals surface area contributed by atoms with Crippen LogP contribution >= 0.6 is 0 Å². The Kier molecular flexibility index (Phi) is 9.69. The van der Waals surface area contributed by atoms with Crippen molar-refractivity contribution in [1.82, 2.24) is 21.3 Å². The van der Waals surface area contributed by atoms with E-state index >= 15 is 0 Å². The molecule has 0 aliphatic heterocycles. The molecular formula is C23H32N8O3. The summed E-state index contributed by atoms with van der Waals surface area (Å²) in [6.45, 7) is 1.74. The number of amides is 2. The van der Waals surface area contributed by atoms with E-state index in [1.165, 1.54) is 12.1 Å². The molecule has 0 unspecified atom stereocenters. The lowest BCUT2D eigenvalue weighted by Gasteiger charge is -2.23. The van der Waals surface area contributed by atoms with E-state index in [9.17, 15) is 14.7 Å². The number of guanidine groups is 2. The van der Waals surface area contributed by atoms with E-state index in [1.54, 1.807) is 19.1 Å². The summed E-state index contributed by atoms with van der Waals surface area (Å²) < 4.78 is 0. The molecule has 2 aromatic carbocycles. The highest BCUT2D eigenvalue weighted by molar-refractivity contribution is 5.92. The van der Waals surface area contributed by atoms with Gasteiger partial charge in [0, 0.05) is 13.0 Å². The first-order valence-corrected chi connectivity index (χ1v) is 10.7. The van der Waals surface area contributed by atoms with Crippen LogP contribution in [-0.2, 0) is 22.4 Å². The van der Waals surface area contributed by atoms with Gasteiger partial charge >= 0.3 is 0 Å². The molecule has 0 aliphatic rings. The number of phenols is 1. The van der Waals surface area contributed by atoms with Crippen molar-refractivity contribution in [3.63, 3.8) is 0 Å². The molecule has 34 heavy (non-hydrogen) atoms. The van der Waals surface area contributed by atoms with Gasteiger partial charge in [-0.2, -0.15) is 0 Å². The molecule has 2 rings (SSSR count). The van der Waals surface area contributed by atoms with Crippen LogP contribution in [0.15, 0.2) is 54.6 Å². The van der Waals surface area contributed by atoms with Gasteiger partial charge in [0.05, 0.1) is 6.04 Å². The van der Waals surface area contributed by atoms with Crippen LogP contribution in [0.4, 0.5) is 0 Å². The first-order chi connectivity index (χ1) is 16.1. The molecule has 0 spiro atoms. The molecule has 11 heteroatoms. The zero-order valence-corrected chi connectivity index (χ0v) is 19.0. The van der Waals surface area contributed by atoms with Crippen molar-refractivity contribution in [1.29, 1.82) is 10.8 Å². The van der Waals surface area contributed by atoms with Gasteiger partial charge in [-0.25, -0.2) is 0 Å². The van der Waals surface area contributed by atoms with Gasteiger partial charge in [0.15, 0.2) is 11.9 Å². The fourth-order valence-electron chi connectivity index (χ4n) is 3.31. The number of hydrogen-bond acceptors (Lipinski definition) is 5. The molecule has 3 atom stereocenters. The van der Waals surface area contributed by atoms with Crippen LogP contribution in [0.2, 0.25) is 0 Å². The quantitative estimate of drug-likeness (QED) is 0.156. The Hall–Kier alpha value is -4.28. The number of rotatable bonds is 11. The predicted molar refractivity (Wildman–Crippen MR) is 130 cm³/mol. The van der Waals surface area contributed by atoms with Crippen LogP contribution in [0.1, 0.15) is 18.1 Å². The minimum Gasteiger partial charge on any atom is -0.508 e. The third-order valence-electron chi connectivity index (χ3n) is 4.98. The number of hydrogen-bond donors (Lipinski definition) is 9. The fourth-order valence-corrected chi connectivity index (χ4v) is 3.31. The Morgan fingerprint density at radius 1 is 0.853 bits per heavy atom. The van der Waals surface area contributed by atoms with E-state index in [0.29, 0.717) is 6.42 Å². The minimum absolute atomic E-state index is 0.0967. The predicted octanol–water partition coefficient (Wildman–Crippen LogP) is -0.498. The summed E-state index contributed by atoms with van der Waals surface area (Å²) in [5, 5.41) is 35.2. The Morgan fingerprint density at radius 3 is 2.03 bits per heavy atom. The Balaban J connectivity index is 1.95. The summed E-state index contributed by atoms with van der Waals surface area (Å²) in [5.74, 6) is -1.41. The number of carbonyl (C=O) groups is 2. The molecular weight excluding hydrogens is 436 g/mol. The average Bonchev–Trinajstić information content (AvgIpc) is 2.78. The number of benzene rings is 2. The number of nitrogens with one attached hydrogen (secondary N) is 6. The number of nitrogens with two attached hydrogens (primary N) is 2. The van der Waals surface area contributed by atoms with Crippen molar-refractivity contribution < 1.29 is 14.7 Å². The lowest BCUT2D eigenvalue weighted by Crippen LogP contribution is -2.55. The Labute approximate surface area is 198 Å². The number of phenolic OH excluding ortho intramolecular Hbond substituents is 1. The summed E-state index contributed by atoms with van der Waals surface area (Å²) >= 11 is 0. The highest BCUT2D eigenvalue weighted by Gasteiger charge is 2.24. The van der Waals surface area contributed by atoms with Crippen LogP contribution < -0.4 is 32.7 Å². The van der Waals surface area contributed by atoms with Crippen LogP contribution in [0.5, 0.6) is 5.75 Å². The molecule has 0 fully saturated rings. The van der Waals surface area contributed by atoms with Gasteiger partial charge in [-0.05, 0) is 36.6 Å². The van der Waals surface area contributed by atoms with Gasteiger partial charge < -0.3 is 37.8 Å². The molecule has 0 aromatic heterocycles. The summed E-state index contributed by atoms with van der Waals surface area (Å²) in [7, 11) is 0. The van der Waals surface area contributed by atoms with E-state index in [2.05, 4.69) is 21.3 Å². The van der Waals surface area contributed by atoms with Crippen LogP contribution in [0.3, 0.4) is 0 Å². The van der Waals surface area contributed by atoms with Crippen LogP contribution in [0.25, 0.3) is 0 Å². The molecule has 2 aromatic rings. The topological polar surface area (TPSA) is 202 Å². The standard InChI is InChI=1S/C23H32N8O3/c1-14(20(33)28-13-17(30-22(24)25)11-15-5-3-2-4-6-15)29-21(34)19(31-23(26)27)12-16-7-9-18(32)10-8-16/h2-10,14,17,19,32H,11-13H2,1H3,(H,28,33)(H,29,34)(H4,24,25,30)(H4,26,27,31)/t14-,17+,19+/m1/s1. The summed E-state index contributed by atoms with van der Waals surface area (Å²) in [6, 6.07) is 13.8. The third-order valence-corrected chi connectivity index (χ3v) is 4.98. The normalized spacial score (nSPS) is 13.1. The van der Waals surface area contributed by atoms with Crippen molar-refractivity contribution in [3.05, 3.63) is 65.7 Å². The SMILES string of the molecule is C[C@@H](NC(=O)[C@H](Cc1ccc(O)cc1)NC(=N)N)C(=O)NC[C@H](Cc1ccccc1)NC(=N)N. The summed E-state index contributed by atoms with van der Waals surface area (Å²) in [5.41, 5.74) is 12.7. The maximum absolute atomic E-state index is 12.8. The van der Waals surface area contributed by atoms with Gasteiger partial charge in [0.2, 0.25) is 11.8 Å². The fraction of sp³-hybridized carbons (Fsp3) is 0.304. The van der Waals surface area contributed by atoms with Gasteiger partial charge in [-0.1, -0.05) is 42.5 Å². The average molecular weight is 469 g/mol. The van der Waals surface area contributed by atoms with E-state index < -0.39 is 23.9 Å². The second-order valence-corrected chi connectivity index (χ2v) is 7.90. The van der Waals surface area contributed by atoms with Gasteiger partial charge in [-0.3, -0.25) is 20.4 Å². The lowest BCUT2D eigenvalue weighted by molar-refractivity contribution is -0.129. The van der Waals surface area contributed by atoms with Crippen molar-refractivity contribution in [3.8, 4) is 5.75 Å². The van der Waals surface area contributed by atoms with Crippen molar-refractivity contribution in [2.75, 3.05) is 6.54 Å². The van der Waals surface area contributed by atoms with Gasteiger partial charge in [0.25, 0.3) is 0 Å².